The highest BCUT2D eigenvalue weighted by atomic mass is 35.5. The number of hydrogen-bond donors (Lipinski definition) is 4. The lowest BCUT2D eigenvalue weighted by molar-refractivity contribution is -0.0752. The van der Waals surface area contributed by atoms with Gasteiger partial charge in [-0.2, -0.15) is 4.98 Å². The predicted molar refractivity (Wildman–Crippen MR) is 88.7 cm³/mol. The van der Waals surface area contributed by atoms with Crippen molar-refractivity contribution >= 4 is 28.6 Å². The number of alkyl halides is 2. The molecule has 0 amide bonds. The first-order valence-corrected chi connectivity index (χ1v) is 7.90. The van der Waals surface area contributed by atoms with Crippen LogP contribution in [-0.4, -0.2) is 54.6 Å². The Morgan fingerprint density at radius 1 is 1.65 bits per heavy atom. The van der Waals surface area contributed by atoms with Gasteiger partial charge >= 0.3 is 0 Å². The van der Waals surface area contributed by atoms with Crippen molar-refractivity contribution in [3.8, 4) is 11.8 Å². The SMILES string of the molecule is C[C@@H](O)[C@H]1O[C@@H](n2cc(F)c3c(=O)[nH]c(N)nc32)C(Cl)(C#CCF)[C@H]1O. The molecule has 140 valence electrons. The van der Waals surface area contributed by atoms with Crippen LogP contribution in [-0.2, 0) is 4.74 Å². The first-order chi connectivity index (χ1) is 12.2. The van der Waals surface area contributed by atoms with Gasteiger partial charge in [-0.15, -0.1) is 0 Å². The molecule has 3 rings (SSSR count). The lowest BCUT2D eigenvalue weighted by atomic mass is 9.96. The van der Waals surface area contributed by atoms with E-state index in [2.05, 4.69) is 21.8 Å². The summed E-state index contributed by atoms with van der Waals surface area (Å²) >= 11 is 6.41. The highest BCUT2D eigenvalue weighted by molar-refractivity contribution is 6.27. The number of fused-ring (bicyclic) bond motifs is 1. The molecule has 11 heteroatoms. The molecule has 1 saturated heterocycles. The molecular formula is C15H15ClF2N4O4. The third-order valence-electron chi connectivity index (χ3n) is 4.12. The Labute approximate surface area is 150 Å². The second-order valence-electron chi connectivity index (χ2n) is 5.88. The van der Waals surface area contributed by atoms with Crippen molar-refractivity contribution in [3.63, 3.8) is 0 Å². The van der Waals surface area contributed by atoms with Crippen LogP contribution in [0.1, 0.15) is 13.2 Å². The molecule has 0 radical (unpaired) electrons. The number of aliphatic hydroxyl groups excluding tert-OH is 2. The zero-order valence-corrected chi connectivity index (χ0v) is 14.2. The number of aromatic amines is 1. The topological polar surface area (TPSA) is 126 Å². The van der Waals surface area contributed by atoms with Gasteiger partial charge in [0.15, 0.2) is 22.6 Å². The van der Waals surface area contributed by atoms with Crippen LogP contribution in [0.2, 0.25) is 0 Å². The fourth-order valence-corrected chi connectivity index (χ4v) is 3.31. The van der Waals surface area contributed by atoms with Crippen LogP contribution in [0.15, 0.2) is 11.0 Å². The van der Waals surface area contributed by atoms with Gasteiger partial charge < -0.3 is 20.7 Å². The average Bonchev–Trinajstić information content (AvgIpc) is 3.01. The summed E-state index contributed by atoms with van der Waals surface area (Å²) in [5, 5.41) is 19.9. The van der Waals surface area contributed by atoms with Crippen LogP contribution >= 0.6 is 11.6 Å². The molecule has 0 aromatic carbocycles. The minimum absolute atomic E-state index is 0.195. The van der Waals surface area contributed by atoms with E-state index < -0.39 is 52.9 Å². The van der Waals surface area contributed by atoms with Crippen LogP contribution in [0.4, 0.5) is 14.7 Å². The van der Waals surface area contributed by atoms with E-state index >= 15 is 0 Å². The number of anilines is 1. The smallest absolute Gasteiger partial charge is 0.264 e. The number of H-pyrrole nitrogens is 1. The zero-order chi connectivity index (χ0) is 19.2. The van der Waals surface area contributed by atoms with Gasteiger partial charge in [0.05, 0.1) is 6.10 Å². The van der Waals surface area contributed by atoms with Gasteiger partial charge in [0.25, 0.3) is 5.56 Å². The summed E-state index contributed by atoms with van der Waals surface area (Å²) in [6, 6.07) is 0. The van der Waals surface area contributed by atoms with Crippen LogP contribution < -0.4 is 11.3 Å². The normalized spacial score (nSPS) is 29.5. The summed E-state index contributed by atoms with van der Waals surface area (Å²) < 4.78 is 33.5. The van der Waals surface area contributed by atoms with Crippen molar-refractivity contribution in [2.45, 2.75) is 36.3 Å². The lowest BCUT2D eigenvalue weighted by Crippen LogP contribution is -2.43. The van der Waals surface area contributed by atoms with Crippen LogP contribution in [0, 0.1) is 17.7 Å². The van der Waals surface area contributed by atoms with Crippen LogP contribution in [0.25, 0.3) is 11.0 Å². The molecule has 3 heterocycles. The number of nitrogens with zero attached hydrogens (tertiary/aromatic N) is 2. The molecule has 0 spiro atoms. The fraction of sp³-hybridized carbons (Fsp3) is 0.467. The Morgan fingerprint density at radius 2 is 2.35 bits per heavy atom. The molecule has 1 unspecified atom stereocenters. The maximum atomic E-state index is 14.3. The minimum atomic E-state index is -1.93. The minimum Gasteiger partial charge on any atom is -0.391 e. The van der Waals surface area contributed by atoms with Crippen molar-refractivity contribution < 1.29 is 23.7 Å². The molecule has 2 aromatic heterocycles. The molecule has 0 bridgehead atoms. The van der Waals surface area contributed by atoms with Crippen LogP contribution in [0.5, 0.6) is 0 Å². The molecule has 26 heavy (non-hydrogen) atoms. The number of ether oxygens (including phenoxy) is 1. The number of hydrogen-bond acceptors (Lipinski definition) is 6. The van der Waals surface area contributed by atoms with Crippen molar-refractivity contribution in [2.24, 2.45) is 0 Å². The summed E-state index contributed by atoms with van der Waals surface area (Å²) in [5.74, 6) is 3.27. The number of aromatic nitrogens is 3. The van der Waals surface area contributed by atoms with E-state index in [4.69, 9.17) is 22.1 Å². The van der Waals surface area contributed by atoms with Gasteiger partial charge in [0.1, 0.15) is 24.3 Å². The van der Waals surface area contributed by atoms with E-state index in [9.17, 15) is 23.8 Å². The number of rotatable bonds is 2. The maximum absolute atomic E-state index is 14.3. The third kappa shape index (κ3) is 2.73. The maximum Gasteiger partial charge on any atom is 0.264 e. The molecule has 5 atom stereocenters. The van der Waals surface area contributed by atoms with Gasteiger partial charge in [-0.05, 0) is 6.92 Å². The first-order valence-electron chi connectivity index (χ1n) is 7.53. The molecule has 1 aliphatic rings. The second-order valence-corrected chi connectivity index (χ2v) is 6.50. The van der Waals surface area contributed by atoms with E-state index in [1.807, 2.05) is 0 Å². The van der Waals surface area contributed by atoms with Crippen LogP contribution in [0.3, 0.4) is 0 Å². The predicted octanol–water partition coefficient (Wildman–Crippen LogP) is 0.0355. The number of nitrogens with one attached hydrogen (secondary N) is 1. The van der Waals surface area contributed by atoms with E-state index in [-0.39, 0.29) is 11.6 Å². The lowest BCUT2D eigenvalue weighted by Gasteiger charge is -2.25. The zero-order valence-electron chi connectivity index (χ0n) is 13.4. The number of nitrogen functional groups attached to an aromatic ring is 1. The second kappa shape index (κ2) is 6.51. The number of halogens is 3. The molecular weight excluding hydrogens is 374 g/mol. The van der Waals surface area contributed by atoms with Crippen molar-refractivity contribution in [3.05, 3.63) is 22.4 Å². The monoisotopic (exact) mass is 388 g/mol. The van der Waals surface area contributed by atoms with Crippen molar-refractivity contribution in [1.82, 2.24) is 14.5 Å². The molecule has 5 N–H and O–H groups in total. The summed E-state index contributed by atoms with van der Waals surface area (Å²) in [4.78, 5) is 16.1. The summed E-state index contributed by atoms with van der Waals surface area (Å²) in [7, 11) is 0. The largest absolute Gasteiger partial charge is 0.391 e. The Kier molecular flexibility index (Phi) is 4.66. The number of aliphatic hydroxyl groups is 2. The van der Waals surface area contributed by atoms with E-state index in [1.54, 1.807) is 0 Å². The summed E-state index contributed by atoms with van der Waals surface area (Å²) in [6.07, 6.45) is -4.37. The molecule has 8 nitrogen and oxygen atoms in total. The summed E-state index contributed by atoms with van der Waals surface area (Å²) in [6.45, 7) is 0.310. The standard InChI is InChI=1S/C15H15ClF2N4O4/c1-6(23)9-10(24)15(16,3-2-4-17)13(26-9)22-5-7(18)8-11(22)20-14(19)21-12(8)25/h5-6,9-10,13,23-24H,4H2,1H3,(H3,19,20,21,25)/t6-,9-,10+,13-,15?/m1/s1. The van der Waals surface area contributed by atoms with Gasteiger partial charge in [0.2, 0.25) is 5.95 Å². The molecule has 0 aliphatic carbocycles. The Bertz CT molecular complexity index is 966. The van der Waals surface area contributed by atoms with Crippen molar-refractivity contribution in [2.75, 3.05) is 12.4 Å². The molecule has 1 fully saturated rings. The Balaban J connectivity index is 2.24. The fourth-order valence-electron chi connectivity index (χ4n) is 2.96. The molecule has 2 aromatic rings. The van der Waals surface area contributed by atoms with Gasteiger partial charge in [-0.1, -0.05) is 23.4 Å². The van der Waals surface area contributed by atoms with E-state index in [0.29, 0.717) is 0 Å². The number of nitrogens with two attached hydrogens (primary N) is 1. The van der Waals surface area contributed by atoms with Gasteiger partial charge in [-0.25, -0.2) is 8.78 Å². The van der Waals surface area contributed by atoms with Gasteiger partial charge in [-0.3, -0.25) is 14.3 Å². The first kappa shape index (κ1) is 18.6. The summed E-state index contributed by atoms with van der Waals surface area (Å²) in [5.41, 5.74) is 4.50. The molecule has 1 aliphatic heterocycles. The average molecular weight is 389 g/mol. The Morgan fingerprint density at radius 3 is 2.96 bits per heavy atom. The molecule has 0 saturated carbocycles. The third-order valence-corrected chi connectivity index (χ3v) is 4.62. The van der Waals surface area contributed by atoms with E-state index in [0.717, 1.165) is 10.8 Å². The quantitative estimate of drug-likeness (QED) is 0.425. The van der Waals surface area contributed by atoms with Gasteiger partial charge in [0, 0.05) is 6.20 Å². The van der Waals surface area contributed by atoms with E-state index in [1.165, 1.54) is 6.92 Å². The highest BCUT2D eigenvalue weighted by Gasteiger charge is 2.57. The van der Waals surface area contributed by atoms with Crippen molar-refractivity contribution in [1.29, 1.82) is 0 Å². The highest BCUT2D eigenvalue weighted by Crippen LogP contribution is 2.45. The Hall–Kier alpha value is -2.19.